The van der Waals surface area contributed by atoms with Gasteiger partial charge in [-0.05, 0) is 111 Å². The van der Waals surface area contributed by atoms with Crippen molar-refractivity contribution in [1.29, 1.82) is 0 Å². The van der Waals surface area contributed by atoms with Gasteiger partial charge in [-0.25, -0.2) is 4.85 Å². The predicted molar refractivity (Wildman–Crippen MR) is 211 cm³/mol. The normalized spacial score (nSPS) is 23.8. The van der Waals surface area contributed by atoms with Crippen molar-refractivity contribution in [2.45, 2.75) is 83.1 Å². The molecule has 3 aromatic carbocycles. The second-order valence-corrected chi connectivity index (χ2v) is 16.9. The molecule has 2 atom stereocenters. The number of carbonyl (C=O) groups is 5. The molecule has 1 spiro atoms. The number of carbonyl (C=O) groups excluding carboxylic acids is 5. The third-order valence-corrected chi connectivity index (χ3v) is 13.5. The highest BCUT2D eigenvalue weighted by atomic mass is 35.5. The number of likely N-dealkylation sites (tertiary alicyclic amines) is 1. The molecule has 13 heteroatoms. The molecule has 0 aliphatic carbocycles. The van der Waals surface area contributed by atoms with Crippen LogP contribution in [0.25, 0.3) is 4.85 Å². The first-order valence-corrected chi connectivity index (χ1v) is 20.1. The summed E-state index contributed by atoms with van der Waals surface area (Å²) in [5.74, 6) is -1.91. The van der Waals surface area contributed by atoms with Gasteiger partial charge in [0.15, 0.2) is 0 Å². The molecule has 5 amide bonds. The van der Waals surface area contributed by atoms with Crippen molar-refractivity contribution in [3.05, 3.63) is 98.9 Å². The minimum Gasteiger partial charge on any atom is -0.371 e. The van der Waals surface area contributed by atoms with E-state index in [4.69, 9.17) is 18.2 Å². The minimum atomic E-state index is -0.974. The molecule has 4 saturated heterocycles. The lowest BCUT2D eigenvalue weighted by Crippen LogP contribution is -2.54. The summed E-state index contributed by atoms with van der Waals surface area (Å²) in [5.41, 5.74) is 6.32. The Kier molecular flexibility index (Phi) is 9.13. The van der Waals surface area contributed by atoms with Crippen molar-refractivity contribution >= 4 is 58.2 Å². The molecule has 9 rings (SSSR count). The van der Waals surface area contributed by atoms with Crippen LogP contribution in [0.3, 0.4) is 0 Å². The highest BCUT2D eigenvalue weighted by Gasteiger charge is 2.46. The van der Waals surface area contributed by atoms with Gasteiger partial charge in [0.2, 0.25) is 17.5 Å². The zero-order chi connectivity index (χ0) is 38.9. The topological polar surface area (TPSA) is 118 Å². The van der Waals surface area contributed by atoms with E-state index in [1.165, 1.54) is 0 Å². The van der Waals surface area contributed by atoms with Crippen LogP contribution in [0.1, 0.15) is 94.1 Å². The number of imide groups is 2. The Morgan fingerprint density at radius 1 is 0.857 bits per heavy atom. The first kappa shape index (κ1) is 36.4. The molecule has 6 heterocycles. The zero-order valence-electron chi connectivity index (χ0n) is 31.4. The molecular formula is C43H44ClN7O5. The maximum atomic E-state index is 13.6. The van der Waals surface area contributed by atoms with Crippen LogP contribution in [0.15, 0.2) is 54.6 Å². The lowest BCUT2D eigenvalue weighted by atomic mass is 9.76. The Hall–Kier alpha value is -5.25. The summed E-state index contributed by atoms with van der Waals surface area (Å²) in [6, 6.07) is 17.2. The Balaban J connectivity index is 0.766. The second-order valence-electron chi connectivity index (χ2n) is 16.5. The third-order valence-electron chi connectivity index (χ3n) is 13.2. The van der Waals surface area contributed by atoms with Crippen molar-refractivity contribution in [1.82, 2.24) is 20.0 Å². The van der Waals surface area contributed by atoms with E-state index >= 15 is 0 Å². The number of piperidine rings is 3. The smallest absolute Gasteiger partial charge is 0.262 e. The van der Waals surface area contributed by atoms with Crippen LogP contribution < -0.4 is 15.1 Å². The number of fused-ring (bicyclic) bond motifs is 2. The fourth-order valence-electron chi connectivity index (χ4n) is 10.1. The Bertz CT molecular complexity index is 2160. The Morgan fingerprint density at radius 2 is 1.50 bits per heavy atom. The molecule has 0 saturated carbocycles. The highest BCUT2D eigenvalue weighted by molar-refractivity contribution is 6.33. The summed E-state index contributed by atoms with van der Waals surface area (Å²) >= 11 is 6.38. The Labute approximate surface area is 331 Å². The van der Waals surface area contributed by atoms with Gasteiger partial charge >= 0.3 is 0 Å². The van der Waals surface area contributed by atoms with Gasteiger partial charge in [-0.3, -0.25) is 39.1 Å². The number of rotatable bonds is 5. The fraction of sp³-hybridized carbons (Fsp3) is 0.442. The summed E-state index contributed by atoms with van der Waals surface area (Å²) in [4.78, 5) is 78.1. The van der Waals surface area contributed by atoms with Crippen molar-refractivity contribution in [2.75, 3.05) is 42.5 Å². The molecule has 1 unspecified atom stereocenters. The van der Waals surface area contributed by atoms with E-state index < -0.39 is 29.7 Å². The number of nitrogens with zero attached hydrogens (tertiary/aromatic N) is 6. The molecule has 1 N–H and O–H groups in total. The van der Waals surface area contributed by atoms with Crippen molar-refractivity contribution < 1.29 is 24.0 Å². The highest BCUT2D eigenvalue weighted by Crippen LogP contribution is 2.46. The number of amides is 5. The van der Waals surface area contributed by atoms with E-state index in [0.29, 0.717) is 59.6 Å². The quantitative estimate of drug-likeness (QED) is 0.256. The van der Waals surface area contributed by atoms with Crippen LogP contribution in [-0.4, -0.2) is 95.1 Å². The number of nitrogens with one attached hydrogen (secondary N) is 1. The first-order chi connectivity index (χ1) is 27.0. The average molecular weight is 774 g/mol. The van der Waals surface area contributed by atoms with Crippen LogP contribution >= 0.6 is 11.6 Å². The number of halogens is 1. The molecule has 4 fully saturated rings. The van der Waals surface area contributed by atoms with Gasteiger partial charge in [0, 0.05) is 86.3 Å². The largest absolute Gasteiger partial charge is 0.371 e. The predicted octanol–water partition coefficient (Wildman–Crippen LogP) is 5.80. The van der Waals surface area contributed by atoms with Crippen LogP contribution in [0, 0.1) is 12.0 Å². The van der Waals surface area contributed by atoms with E-state index in [1.807, 2.05) is 35.2 Å². The summed E-state index contributed by atoms with van der Waals surface area (Å²) < 4.78 is 0. The van der Waals surface area contributed by atoms with Crippen molar-refractivity contribution in [2.24, 2.45) is 5.41 Å². The number of hydrogen-bond acceptors (Lipinski definition) is 8. The van der Waals surface area contributed by atoms with Crippen LogP contribution in [0.2, 0.25) is 5.02 Å². The maximum Gasteiger partial charge on any atom is 0.262 e. The molecule has 6 aliphatic rings. The maximum absolute atomic E-state index is 13.6. The number of anilines is 2. The van der Waals surface area contributed by atoms with E-state index in [2.05, 4.69) is 43.9 Å². The van der Waals surface area contributed by atoms with E-state index in [9.17, 15) is 24.0 Å². The monoisotopic (exact) mass is 773 g/mol. The number of hydrogen-bond donors (Lipinski definition) is 1. The number of benzene rings is 3. The molecule has 56 heavy (non-hydrogen) atoms. The van der Waals surface area contributed by atoms with Gasteiger partial charge in [-0.15, -0.1) is 0 Å². The lowest BCUT2D eigenvalue weighted by Gasteiger charge is -2.40. The molecule has 6 aliphatic heterocycles. The molecule has 0 bridgehead atoms. The average Bonchev–Trinajstić information content (AvgIpc) is 3.84. The summed E-state index contributed by atoms with van der Waals surface area (Å²) in [7, 11) is 0. The molecule has 288 valence electrons. The molecule has 3 aromatic rings. The fourth-order valence-corrected chi connectivity index (χ4v) is 10.3. The van der Waals surface area contributed by atoms with Crippen LogP contribution in [-0.2, 0) is 22.7 Å². The standard InChI is InChI=1S/C43H44ClN7O5/c1-26-22-43(25-50(26)32-7-8-36(45-2)35(44)21-32)13-17-47(18-14-43)30-5-3-27(4-6-30)40(54)48-15-11-31(12-16-48)49-23-28-19-33-34(20-29(28)24-49)42(56)51(41(33)55)37-9-10-38(52)46-39(37)53/h3-8,19-21,26,31,37H,9-18,22-25H2,1H3,(H,46,52,53)/t26-,37?/m1/s1. The van der Waals surface area contributed by atoms with Gasteiger partial charge in [0.1, 0.15) is 6.04 Å². The SMILES string of the molecule is [C-]#[N+]c1ccc(N2CC3(CCN(c4ccc(C(=O)N5CCC(N6Cc7cc8c(cc7C6)C(=O)N(C6CCC(=O)NC6=O)C8=O)CC5)cc4)CC3)C[C@H]2C)cc1Cl. The lowest BCUT2D eigenvalue weighted by molar-refractivity contribution is -0.136. The van der Waals surface area contributed by atoms with Crippen molar-refractivity contribution in [3.8, 4) is 0 Å². The van der Waals surface area contributed by atoms with E-state index in [-0.39, 0.29) is 30.2 Å². The van der Waals surface area contributed by atoms with Crippen molar-refractivity contribution in [3.63, 3.8) is 0 Å². The van der Waals surface area contributed by atoms with Gasteiger partial charge < -0.3 is 14.7 Å². The van der Waals surface area contributed by atoms with E-state index in [0.717, 1.165) is 79.1 Å². The molecule has 0 aromatic heterocycles. The third kappa shape index (κ3) is 6.31. The molecule has 12 nitrogen and oxygen atoms in total. The molecular weight excluding hydrogens is 730 g/mol. The summed E-state index contributed by atoms with van der Waals surface area (Å²) in [5, 5.41) is 2.75. The van der Waals surface area contributed by atoms with Crippen LogP contribution in [0.4, 0.5) is 17.1 Å². The minimum absolute atomic E-state index is 0.0518. The van der Waals surface area contributed by atoms with Gasteiger partial charge in [0.25, 0.3) is 17.7 Å². The van der Waals surface area contributed by atoms with E-state index in [1.54, 1.807) is 12.1 Å². The second kappa shape index (κ2) is 14.0. The summed E-state index contributed by atoms with van der Waals surface area (Å²) in [6.07, 6.45) is 5.23. The Morgan fingerprint density at radius 3 is 2.11 bits per heavy atom. The van der Waals surface area contributed by atoms with Gasteiger partial charge in [0.05, 0.1) is 17.7 Å². The van der Waals surface area contributed by atoms with Gasteiger partial charge in [-0.2, -0.15) is 0 Å². The summed E-state index contributed by atoms with van der Waals surface area (Å²) in [6.45, 7) is 15.1. The van der Waals surface area contributed by atoms with Crippen LogP contribution in [0.5, 0.6) is 0 Å². The zero-order valence-corrected chi connectivity index (χ0v) is 32.2. The first-order valence-electron chi connectivity index (χ1n) is 19.7. The van der Waals surface area contributed by atoms with Gasteiger partial charge in [-0.1, -0.05) is 17.7 Å². The molecule has 0 radical (unpaired) electrons.